The van der Waals surface area contributed by atoms with Crippen LogP contribution in [-0.4, -0.2) is 29.2 Å². The van der Waals surface area contributed by atoms with E-state index in [0.717, 1.165) is 24.3 Å². The standard InChI is InChI=1S/C20H11F9N4O2/c21-18(22,23)10-33(13-5-4-12(8-30)15(7-13)19(24,25)26)9-16-31-17(35-32-16)11-2-1-3-14(6-11)34-20(27,28)29/h1-7H,9-10H2. The van der Waals surface area contributed by atoms with Crippen LogP contribution in [0.25, 0.3) is 11.5 Å². The second-order valence-corrected chi connectivity index (χ2v) is 6.90. The maximum Gasteiger partial charge on any atom is 0.573 e. The molecule has 3 rings (SSSR count). The van der Waals surface area contributed by atoms with E-state index in [1.165, 1.54) is 18.2 Å². The van der Waals surface area contributed by atoms with Crippen molar-refractivity contribution in [3.8, 4) is 23.3 Å². The van der Waals surface area contributed by atoms with Crippen LogP contribution in [0.5, 0.6) is 5.75 Å². The second kappa shape index (κ2) is 9.35. The van der Waals surface area contributed by atoms with Gasteiger partial charge in [-0.3, -0.25) is 0 Å². The van der Waals surface area contributed by atoms with E-state index >= 15 is 0 Å². The molecule has 0 bridgehead atoms. The van der Waals surface area contributed by atoms with Gasteiger partial charge in [-0.1, -0.05) is 11.2 Å². The average molecular weight is 510 g/mol. The van der Waals surface area contributed by atoms with Gasteiger partial charge >= 0.3 is 18.7 Å². The van der Waals surface area contributed by atoms with Crippen LogP contribution in [0.15, 0.2) is 47.0 Å². The molecule has 0 saturated heterocycles. The van der Waals surface area contributed by atoms with Crippen LogP contribution in [0.1, 0.15) is 17.0 Å². The second-order valence-electron chi connectivity index (χ2n) is 6.90. The van der Waals surface area contributed by atoms with Gasteiger partial charge in [-0.2, -0.15) is 36.6 Å². The van der Waals surface area contributed by atoms with E-state index in [9.17, 15) is 39.5 Å². The molecule has 0 N–H and O–H groups in total. The zero-order chi connectivity index (χ0) is 26.0. The van der Waals surface area contributed by atoms with Crippen molar-refractivity contribution in [2.75, 3.05) is 11.4 Å². The van der Waals surface area contributed by atoms with Crippen LogP contribution in [-0.2, 0) is 12.7 Å². The molecule has 0 fully saturated rings. The predicted molar refractivity (Wildman–Crippen MR) is 99.7 cm³/mol. The molecule has 6 nitrogen and oxygen atoms in total. The van der Waals surface area contributed by atoms with E-state index in [0.29, 0.717) is 11.0 Å². The number of anilines is 1. The molecule has 0 aliphatic carbocycles. The Hall–Kier alpha value is -3.96. The smallest absolute Gasteiger partial charge is 0.406 e. The largest absolute Gasteiger partial charge is 0.573 e. The summed E-state index contributed by atoms with van der Waals surface area (Å²) in [5.41, 5.74) is -2.79. The van der Waals surface area contributed by atoms with E-state index in [1.54, 1.807) is 0 Å². The van der Waals surface area contributed by atoms with E-state index in [1.807, 2.05) is 0 Å². The zero-order valence-corrected chi connectivity index (χ0v) is 17.0. The minimum Gasteiger partial charge on any atom is -0.406 e. The number of benzene rings is 2. The Morgan fingerprint density at radius 2 is 1.69 bits per heavy atom. The summed E-state index contributed by atoms with van der Waals surface area (Å²) in [6.07, 6.45) is -14.8. The highest BCUT2D eigenvalue weighted by Crippen LogP contribution is 2.35. The lowest BCUT2D eigenvalue weighted by Gasteiger charge is -2.25. The minimum absolute atomic E-state index is 0.0504. The minimum atomic E-state index is -5.01. The fourth-order valence-corrected chi connectivity index (χ4v) is 2.95. The number of halogens is 9. The van der Waals surface area contributed by atoms with Crippen LogP contribution < -0.4 is 9.64 Å². The Kier molecular flexibility index (Phi) is 6.86. The molecule has 0 spiro atoms. The number of nitriles is 1. The Morgan fingerprint density at radius 1 is 0.971 bits per heavy atom. The van der Waals surface area contributed by atoms with Gasteiger partial charge in [-0.25, -0.2) is 0 Å². The summed E-state index contributed by atoms with van der Waals surface area (Å²) < 4.78 is 125. The van der Waals surface area contributed by atoms with Crippen molar-refractivity contribution in [3.05, 3.63) is 59.4 Å². The molecule has 186 valence electrons. The van der Waals surface area contributed by atoms with Gasteiger partial charge < -0.3 is 14.2 Å². The molecule has 15 heteroatoms. The third-order valence-corrected chi connectivity index (χ3v) is 4.28. The van der Waals surface area contributed by atoms with Crippen LogP contribution in [0.4, 0.5) is 45.2 Å². The monoisotopic (exact) mass is 510 g/mol. The first-order valence-electron chi connectivity index (χ1n) is 9.26. The third-order valence-electron chi connectivity index (χ3n) is 4.28. The lowest BCUT2D eigenvalue weighted by Crippen LogP contribution is -2.34. The van der Waals surface area contributed by atoms with Gasteiger partial charge in [0.25, 0.3) is 5.89 Å². The highest BCUT2D eigenvalue weighted by atomic mass is 19.4. The van der Waals surface area contributed by atoms with E-state index in [-0.39, 0.29) is 11.5 Å². The zero-order valence-electron chi connectivity index (χ0n) is 17.0. The molecule has 0 aliphatic rings. The molecule has 0 unspecified atom stereocenters. The topological polar surface area (TPSA) is 75.2 Å². The Labute approximate surface area is 190 Å². The highest BCUT2D eigenvalue weighted by molar-refractivity contribution is 5.57. The highest BCUT2D eigenvalue weighted by Gasteiger charge is 2.36. The Morgan fingerprint density at radius 3 is 2.29 bits per heavy atom. The molecule has 0 radical (unpaired) electrons. The number of hydrogen-bond acceptors (Lipinski definition) is 6. The van der Waals surface area contributed by atoms with Crippen molar-refractivity contribution in [1.29, 1.82) is 5.26 Å². The molecule has 0 saturated carbocycles. The van der Waals surface area contributed by atoms with Gasteiger partial charge in [0.15, 0.2) is 5.82 Å². The molecular weight excluding hydrogens is 499 g/mol. The number of aromatic nitrogens is 2. The molecule has 0 aliphatic heterocycles. The van der Waals surface area contributed by atoms with Gasteiger partial charge in [0.2, 0.25) is 0 Å². The Balaban J connectivity index is 1.92. The number of nitrogens with zero attached hydrogens (tertiary/aromatic N) is 4. The summed E-state index contributed by atoms with van der Waals surface area (Å²) in [5, 5.41) is 12.3. The molecule has 2 aromatic carbocycles. The number of ether oxygens (including phenoxy) is 1. The molecular formula is C20H11F9N4O2. The summed E-state index contributed by atoms with van der Waals surface area (Å²) in [5.74, 6) is -1.38. The van der Waals surface area contributed by atoms with Crippen molar-refractivity contribution in [1.82, 2.24) is 10.1 Å². The fourth-order valence-electron chi connectivity index (χ4n) is 2.95. The number of rotatable bonds is 6. The SMILES string of the molecule is N#Cc1ccc(N(Cc2noc(-c3cccc(OC(F)(F)F)c3)n2)CC(F)(F)F)cc1C(F)(F)F. The van der Waals surface area contributed by atoms with Gasteiger partial charge in [0, 0.05) is 11.3 Å². The first-order valence-corrected chi connectivity index (χ1v) is 9.26. The molecule has 0 amide bonds. The molecule has 1 aromatic heterocycles. The van der Waals surface area contributed by atoms with E-state index in [2.05, 4.69) is 14.9 Å². The fraction of sp³-hybridized carbons (Fsp3) is 0.250. The summed E-state index contributed by atoms with van der Waals surface area (Å²) in [7, 11) is 0. The van der Waals surface area contributed by atoms with Crippen LogP contribution >= 0.6 is 0 Å². The maximum atomic E-state index is 13.3. The van der Waals surface area contributed by atoms with Gasteiger partial charge in [0.1, 0.15) is 12.3 Å². The van der Waals surface area contributed by atoms with Crippen LogP contribution in [0.2, 0.25) is 0 Å². The summed E-state index contributed by atoms with van der Waals surface area (Å²) in [6, 6.07) is 7.68. The van der Waals surface area contributed by atoms with Gasteiger partial charge in [0.05, 0.1) is 23.7 Å². The quantitative estimate of drug-likeness (QED) is 0.374. The summed E-state index contributed by atoms with van der Waals surface area (Å²) in [4.78, 5) is 4.30. The van der Waals surface area contributed by atoms with Crippen molar-refractivity contribution >= 4 is 5.69 Å². The first-order chi connectivity index (χ1) is 16.1. The van der Waals surface area contributed by atoms with Crippen LogP contribution in [0.3, 0.4) is 0 Å². The Bertz CT molecular complexity index is 1230. The molecule has 3 aromatic rings. The molecule has 0 atom stereocenters. The lowest BCUT2D eigenvalue weighted by molar-refractivity contribution is -0.274. The van der Waals surface area contributed by atoms with Crippen molar-refractivity contribution in [3.63, 3.8) is 0 Å². The molecule has 35 heavy (non-hydrogen) atoms. The van der Waals surface area contributed by atoms with E-state index in [4.69, 9.17) is 9.78 Å². The predicted octanol–water partition coefficient (Wildman–Crippen LogP) is 6.09. The van der Waals surface area contributed by atoms with E-state index < -0.39 is 60.2 Å². The van der Waals surface area contributed by atoms with Crippen molar-refractivity contribution in [2.24, 2.45) is 0 Å². The van der Waals surface area contributed by atoms with Crippen LogP contribution in [0, 0.1) is 11.3 Å². The van der Waals surface area contributed by atoms with Crippen molar-refractivity contribution in [2.45, 2.75) is 25.3 Å². The number of hydrogen-bond donors (Lipinski definition) is 0. The lowest BCUT2D eigenvalue weighted by atomic mass is 10.1. The number of alkyl halides is 9. The maximum absolute atomic E-state index is 13.3. The van der Waals surface area contributed by atoms with Crippen molar-refractivity contribution < 1.29 is 48.8 Å². The summed E-state index contributed by atoms with van der Waals surface area (Å²) >= 11 is 0. The van der Waals surface area contributed by atoms with Gasteiger partial charge in [-0.05, 0) is 36.4 Å². The average Bonchev–Trinajstić information content (AvgIpc) is 3.19. The first kappa shape index (κ1) is 25.7. The third kappa shape index (κ3) is 7.01. The summed E-state index contributed by atoms with van der Waals surface area (Å²) in [6.45, 7) is -2.47. The molecule has 1 heterocycles. The normalized spacial score (nSPS) is 12.3. The van der Waals surface area contributed by atoms with Gasteiger partial charge in [-0.15, -0.1) is 13.2 Å².